The van der Waals surface area contributed by atoms with E-state index in [1.165, 1.54) is 5.56 Å². The van der Waals surface area contributed by atoms with E-state index in [1.807, 2.05) is 41.2 Å². The van der Waals surface area contributed by atoms with Gasteiger partial charge in [-0.1, -0.05) is 30.3 Å². The Morgan fingerprint density at radius 1 is 1.00 bits per heavy atom. The zero-order valence-corrected chi connectivity index (χ0v) is 13.9. The number of carbonyl (C=O) groups is 2. The van der Waals surface area contributed by atoms with Gasteiger partial charge in [-0.2, -0.15) is 5.10 Å². The molecule has 7 nitrogen and oxygen atoms in total. The molecule has 1 aromatic heterocycles. The van der Waals surface area contributed by atoms with Crippen LogP contribution in [0.3, 0.4) is 0 Å². The van der Waals surface area contributed by atoms with Gasteiger partial charge < -0.3 is 15.7 Å². The van der Waals surface area contributed by atoms with Crippen LogP contribution in [0.25, 0.3) is 0 Å². The highest BCUT2D eigenvalue weighted by atomic mass is 16.4. The van der Waals surface area contributed by atoms with Crippen molar-refractivity contribution in [3.05, 3.63) is 78.1 Å². The Hall–Kier alpha value is -3.61. The Bertz CT molecular complexity index is 889. The molecule has 0 aliphatic rings. The number of carbonyl (C=O) groups excluding carboxylic acids is 1. The van der Waals surface area contributed by atoms with Crippen LogP contribution in [0.4, 0.5) is 11.4 Å². The smallest absolute Gasteiger partial charge is 0.322 e. The fourth-order valence-electron chi connectivity index (χ4n) is 2.41. The topological polar surface area (TPSA) is 96.2 Å². The van der Waals surface area contributed by atoms with E-state index in [0.29, 0.717) is 12.1 Å². The van der Waals surface area contributed by atoms with Gasteiger partial charge in [0.1, 0.15) is 6.54 Å². The molecule has 0 saturated carbocycles. The quantitative estimate of drug-likeness (QED) is 0.608. The first kappa shape index (κ1) is 17.2. The molecule has 0 spiro atoms. The molecule has 0 unspecified atom stereocenters. The summed E-state index contributed by atoms with van der Waals surface area (Å²) in [5, 5.41) is 18.4. The summed E-state index contributed by atoms with van der Waals surface area (Å²) >= 11 is 0. The molecule has 2 aromatic carbocycles. The van der Waals surface area contributed by atoms with Gasteiger partial charge in [0, 0.05) is 17.4 Å². The number of carboxylic acids is 1. The van der Waals surface area contributed by atoms with E-state index in [2.05, 4.69) is 15.7 Å². The molecule has 3 rings (SSSR count). The van der Waals surface area contributed by atoms with Gasteiger partial charge in [-0.25, -0.2) is 0 Å². The van der Waals surface area contributed by atoms with Crippen LogP contribution >= 0.6 is 0 Å². The molecular formula is C19H18N4O3. The maximum atomic E-state index is 11.8. The average Bonchev–Trinajstić information content (AvgIpc) is 3.08. The molecule has 0 aliphatic carbocycles. The number of rotatable bonds is 7. The highest BCUT2D eigenvalue weighted by Crippen LogP contribution is 2.17. The molecule has 0 atom stereocenters. The largest absolute Gasteiger partial charge is 0.480 e. The number of nitrogens with zero attached hydrogens (tertiary/aromatic N) is 2. The number of hydrogen-bond acceptors (Lipinski definition) is 4. The van der Waals surface area contributed by atoms with Crippen molar-refractivity contribution in [3.8, 4) is 0 Å². The Morgan fingerprint density at radius 3 is 2.42 bits per heavy atom. The summed E-state index contributed by atoms with van der Waals surface area (Å²) in [5.41, 5.74) is 3.21. The summed E-state index contributed by atoms with van der Waals surface area (Å²) in [6.07, 6.45) is 3.64. The number of carboxylic acid groups (broad SMARTS) is 1. The third kappa shape index (κ3) is 4.70. The van der Waals surface area contributed by atoms with Crippen LogP contribution in [-0.2, 0) is 11.3 Å². The first-order chi connectivity index (χ1) is 12.6. The summed E-state index contributed by atoms with van der Waals surface area (Å²) in [5.74, 6) is -1.50. The second-order valence-corrected chi connectivity index (χ2v) is 5.69. The maximum absolute atomic E-state index is 11.8. The van der Waals surface area contributed by atoms with Crippen molar-refractivity contribution in [2.45, 2.75) is 6.54 Å². The summed E-state index contributed by atoms with van der Waals surface area (Å²) in [7, 11) is 0. The molecule has 7 heteroatoms. The Morgan fingerprint density at radius 2 is 1.73 bits per heavy atom. The molecule has 1 heterocycles. The van der Waals surface area contributed by atoms with E-state index in [4.69, 9.17) is 5.11 Å². The molecule has 26 heavy (non-hydrogen) atoms. The van der Waals surface area contributed by atoms with Crippen LogP contribution in [0.1, 0.15) is 15.9 Å². The maximum Gasteiger partial charge on any atom is 0.322 e. The van der Waals surface area contributed by atoms with Gasteiger partial charge in [-0.05, 0) is 29.8 Å². The first-order valence-electron chi connectivity index (χ1n) is 8.03. The lowest BCUT2D eigenvalue weighted by Crippen LogP contribution is -2.29. The zero-order valence-electron chi connectivity index (χ0n) is 13.9. The molecule has 0 aliphatic heterocycles. The van der Waals surface area contributed by atoms with Crippen LogP contribution in [0.5, 0.6) is 0 Å². The second-order valence-electron chi connectivity index (χ2n) is 5.69. The normalized spacial score (nSPS) is 10.3. The third-order valence-electron chi connectivity index (χ3n) is 3.66. The summed E-state index contributed by atoms with van der Waals surface area (Å²) in [4.78, 5) is 22.3. The van der Waals surface area contributed by atoms with Crippen molar-refractivity contribution in [3.63, 3.8) is 0 Å². The molecule has 0 saturated heterocycles. The lowest BCUT2D eigenvalue weighted by Gasteiger charge is -2.06. The minimum Gasteiger partial charge on any atom is -0.480 e. The predicted octanol–water partition coefficient (Wildman–Crippen LogP) is 2.49. The molecular weight excluding hydrogens is 332 g/mol. The SMILES string of the molecule is O=C(O)CNC(=O)c1ccc(Nc2cnn(Cc3ccccc3)c2)cc1. The number of aromatic nitrogens is 2. The lowest BCUT2D eigenvalue weighted by molar-refractivity contribution is -0.135. The number of nitrogens with one attached hydrogen (secondary N) is 2. The van der Waals surface area contributed by atoms with Crippen LogP contribution in [0.2, 0.25) is 0 Å². The van der Waals surface area contributed by atoms with Crippen LogP contribution in [-0.4, -0.2) is 33.3 Å². The van der Waals surface area contributed by atoms with E-state index in [-0.39, 0.29) is 0 Å². The molecule has 0 bridgehead atoms. The summed E-state index contributed by atoms with van der Waals surface area (Å²) in [6, 6.07) is 16.8. The molecule has 1 amide bonds. The van der Waals surface area contributed by atoms with Gasteiger partial charge in [-0.15, -0.1) is 0 Å². The zero-order chi connectivity index (χ0) is 18.4. The van der Waals surface area contributed by atoms with Crippen molar-refractivity contribution in [1.82, 2.24) is 15.1 Å². The van der Waals surface area contributed by atoms with Crippen molar-refractivity contribution in [2.75, 3.05) is 11.9 Å². The molecule has 3 N–H and O–H groups in total. The van der Waals surface area contributed by atoms with E-state index in [0.717, 1.165) is 11.4 Å². The first-order valence-corrected chi connectivity index (χ1v) is 8.03. The number of anilines is 2. The monoisotopic (exact) mass is 350 g/mol. The highest BCUT2D eigenvalue weighted by Gasteiger charge is 2.07. The van der Waals surface area contributed by atoms with Gasteiger partial charge in [0.15, 0.2) is 0 Å². The van der Waals surface area contributed by atoms with Crippen molar-refractivity contribution < 1.29 is 14.7 Å². The Labute approximate surface area is 150 Å². The molecule has 0 radical (unpaired) electrons. The average molecular weight is 350 g/mol. The second kappa shape index (κ2) is 7.98. The minimum atomic E-state index is -1.08. The fourth-order valence-corrected chi connectivity index (χ4v) is 2.41. The van der Waals surface area contributed by atoms with Gasteiger partial charge in [0.25, 0.3) is 5.91 Å². The minimum absolute atomic E-state index is 0.400. The predicted molar refractivity (Wildman–Crippen MR) is 97.5 cm³/mol. The van der Waals surface area contributed by atoms with E-state index < -0.39 is 18.4 Å². The van der Waals surface area contributed by atoms with E-state index in [1.54, 1.807) is 30.5 Å². The van der Waals surface area contributed by atoms with Gasteiger partial charge in [0.2, 0.25) is 0 Å². The fraction of sp³-hybridized carbons (Fsp3) is 0.105. The Kier molecular flexibility index (Phi) is 5.28. The van der Waals surface area contributed by atoms with E-state index >= 15 is 0 Å². The molecule has 132 valence electrons. The van der Waals surface area contributed by atoms with Crippen molar-refractivity contribution in [2.24, 2.45) is 0 Å². The summed E-state index contributed by atoms with van der Waals surface area (Å²) in [6.45, 7) is 0.282. The van der Waals surface area contributed by atoms with Crippen molar-refractivity contribution >= 4 is 23.3 Å². The highest BCUT2D eigenvalue weighted by molar-refractivity contribution is 5.96. The molecule has 3 aromatic rings. The summed E-state index contributed by atoms with van der Waals surface area (Å²) < 4.78 is 1.84. The van der Waals surface area contributed by atoms with Crippen LogP contribution in [0, 0.1) is 0 Å². The third-order valence-corrected chi connectivity index (χ3v) is 3.66. The number of amides is 1. The number of aliphatic carboxylic acids is 1. The standard InChI is InChI=1S/C19H18N4O3/c24-18(25)11-20-19(26)15-6-8-16(9-7-15)22-17-10-21-23(13-17)12-14-4-2-1-3-5-14/h1-10,13,22H,11-12H2,(H,20,26)(H,24,25). The van der Waals surface area contributed by atoms with E-state index in [9.17, 15) is 9.59 Å². The number of hydrogen-bond donors (Lipinski definition) is 3. The van der Waals surface area contributed by atoms with Gasteiger partial charge in [-0.3, -0.25) is 14.3 Å². The lowest BCUT2D eigenvalue weighted by atomic mass is 10.2. The van der Waals surface area contributed by atoms with Crippen molar-refractivity contribution in [1.29, 1.82) is 0 Å². The number of benzene rings is 2. The van der Waals surface area contributed by atoms with Gasteiger partial charge in [0.05, 0.1) is 18.4 Å². The van der Waals surface area contributed by atoms with Gasteiger partial charge >= 0.3 is 5.97 Å². The van der Waals surface area contributed by atoms with Crippen LogP contribution < -0.4 is 10.6 Å². The Balaban J connectivity index is 1.59. The van der Waals surface area contributed by atoms with Crippen LogP contribution in [0.15, 0.2) is 67.0 Å². The molecule has 0 fully saturated rings.